The van der Waals surface area contributed by atoms with Gasteiger partial charge in [-0.3, -0.25) is 4.79 Å². The summed E-state index contributed by atoms with van der Waals surface area (Å²) in [5.41, 5.74) is 2.33. The van der Waals surface area contributed by atoms with E-state index in [4.69, 9.17) is 11.6 Å². The molecule has 0 bridgehead atoms. The average Bonchev–Trinajstić information content (AvgIpc) is 2.68. The molecule has 0 saturated heterocycles. The van der Waals surface area contributed by atoms with Crippen LogP contribution in [0.5, 0.6) is 0 Å². The van der Waals surface area contributed by atoms with Gasteiger partial charge in [0, 0.05) is 23.3 Å². The third-order valence-corrected chi connectivity index (χ3v) is 2.87. The molecule has 2 aromatic rings. The second-order valence-electron chi connectivity index (χ2n) is 4.13. The highest BCUT2D eigenvalue weighted by Crippen LogP contribution is 2.14. The van der Waals surface area contributed by atoms with Crippen molar-refractivity contribution in [2.45, 2.75) is 19.9 Å². The molecule has 0 aliphatic carbocycles. The maximum Gasteiger partial charge on any atom is 0.149 e. The van der Waals surface area contributed by atoms with Crippen LogP contribution in [-0.2, 0) is 17.8 Å². The van der Waals surface area contributed by atoms with Crippen LogP contribution in [-0.4, -0.2) is 10.4 Å². The summed E-state index contributed by atoms with van der Waals surface area (Å²) in [6.45, 7) is 2.04. The summed E-state index contributed by atoms with van der Waals surface area (Å²) in [4.78, 5) is 11.1. The number of hydrogen-bond donors (Lipinski definition) is 0. The second-order valence-corrected chi connectivity index (χ2v) is 4.57. The number of halogens is 1. The van der Waals surface area contributed by atoms with Gasteiger partial charge in [0.05, 0.1) is 6.54 Å². The highest BCUT2D eigenvalue weighted by molar-refractivity contribution is 6.30. The molecule has 0 aliphatic heterocycles. The summed E-state index contributed by atoms with van der Waals surface area (Å²) < 4.78 is 1.98. The van der Waals surface area contributed by atoms with Crippen molar-refractivity contribution in [1.82, 2.24) is 4.57 Å². The molecule has 2 rings (SSSR count). The van der Waals surface area contributed by atoms with Gasteiger partial charge in [-0.25, -0.2) is 0 Å². The van der Waals surface area contributed by atoms with Gasteiger partial charge in [-0.15, -0.1) is 0 Å². The fraction of sp³-hybridized carbons (Fsp3) is 0.214. The molecule has 0 unspecified atom stereocenters. The van der Waals surface area contributed by atoms with Gasteiger partial charge in [-0.1, -0.05) is 23.7 Å². The van der Waals surface area contributed by atoms with E-state index in [1.54, 1.807) is 6.92 Å². The summed E-state index contributed by atoms with van der Waals surface area (Å²) in [7, 11) is 0. The molecule has 0 saturated carbocycles. The normalized spacial score (nSPS) is 10.5. The number of rotatable bonds is 4. The summed E-state index contributed by atoms with van der Waals surface area (Å²) >= 11 is 5.84. The van der Waals surface area contributed by atoms with Gasteiger partial charge in [0.2, 0.25) is 0 Å². The Morgan fingerprint density at radius 2 is 1.94 bits per heavy atom. The van der Waals surface area contributed by atoms with Crippen LogP contribution < -0.4 is 0 Å². The number of ketones is 1. The zero-order valence-electron chi connectivity index (χ0n) is 9.69. The van der Waals surface area contributed by atoms with Crippen LogP contribution in [0, 0.1) is 0 Å². The number of Topliss-reactive ketones (excluding diaryl/α,β-unsaturated/α-hetero) is 1. The SMILES string of the molecule is CC(=O)Cn1cccc1Cc1ccc(Cl)cc1. The van der Waals surface area contributed by atoms with E-state index in [1.807, 2.05) is 47.2 Å². The number of carbonyl (C=O) groups is 1. The molecule has 0 amide bonds. The monoisotopic (exact) mass is 247 g/mol. The van der Waals surface area contributed by atoms with Crippen LogP contribution in [0.3, 0.4) is 0 Å². The molecule has 1 heterocycles. The fourth-order valence-electron chi connectivity index (χ4n) is 1.82. The van der Waals surface area contributed by atoms with E-state index in [2.05, 4.69) is 0 Å². The third-order valence-electron chi connectivity index (χ3n) is 2.62. The van der Waals surface area contributed by atoms with Gasteiger partial charge in [-0.2, -0.15) is 0 Å². The topological polar surface area (TPSA) is 22.0 Å². The highest BCUT2D eigenvalue weighted by Gasteiger charge is 2.04. The lowest BCUT2D eigenvalue weighted by Crippen LogP contribution is -2.08. The van der Waals surface area contributed by atoms with Gasteiger partial charge in [-0.05, 0) is 36.8 Å². The van der Waals surface area contributed by atoms with Gasteiger partial charge in [0.25, 0.3) is 0 Å². The van der Waals surface area contributed by atoms with Gasteiger partial charge in [0.15, 0.2) is 0 Å². The molecule has 0 fully saturated rings. The number of nitrogens with zero attached hydrogens (tertiary/aromatic N) is 1. The molecule has 0 spiro atoms. The van der Waals surface area contributed by atoms with Crippen molar-refractivity contribution in [1.29, 1.82) is 0 Å². The maximum atomic E-state index is 11.1. The molecule has 3 heteroatoms. The first-order valence-electron chi connectivity index (χ1n) is 5.53. The summed E-state index contributed by atoms with van der Waals surface area (Å²) in [5, 5.41) is 0.743. The predicted octanol–water partition coefficient (Wildman–Crippen LogP) is 3.32. The average molecular weight is 248 g/mol. The first-order valence-corrected chi connectivity index (χ1v) is 5.91. The minimum absolute atomic E-state index is 0.165. The minimum atomic E-state index is 0.165. The molecule has 0 atom stereocenters. The smallest absolute Gasteiger partial charge is 0.149 e. The fourth-order valence-corrected chi connectivity index (χ4v) is 1.94. The zero-order valence-corrected chi connectivity index (χ0v) is 10.4. The third kappa shape index (κ3) is 3.21. The van der Waals surface area contributed by atoms with E-state index in [0.29, 0.717) is 6.54 Å². The van der Waals surface area contributed by atoms with Crippen LogP contribution in [0.1, 0.15) is 18.2 Å². The van der Waals surface area contributed by atoms with Crippen molar-refractivity contribution in [3.63, 3.8) is 0 Å². The Hall–Kier alpha value is -1.54. The number of benzene rings is 1. The molecule has 2 nitrogen and oxygen atoms in total. The van der Waals surface area contributed by atoms with E-state index >= 15 is 0 Å². The molecule has 1 aromatic carbocycles. The number of carbonyl (C=O) groups excluding carboxylic acids is 1. The summed E-state index contributed by atoms with van der Waals surface area (Å²) in [6, 6.07) is 11.8. The van der Waals surface area contributed by atoms with Gasteiger partial charge in [0.1, 0.15) is 5.78 Å². The number of aromatic nitrogens is 1. The molecular weight excluding hydrogens is 234 g/mol. The lowest BCUT2D eigenvalue weighted by molar-refractivity contribution is -0.117. The Morgan fingerprint density at radius 3 is 2.59 bits per heavy atom. The molecule has 0 aliphatic rings. The molecule has 0 N–H and O–H groups in total. The Kier molecular flexibility index (Phi) is 3.64. The van der Waals surface area contributed by atoms with E-state index in [9.17, 15) is 4.79 Å². The van der Waals surface area contributed by atoms with Crippen LogP contribution >= 0.6 is 11.6 Å². The second kappa shape index (κ2) is 5.19. The molecule has 17 heavy (non-hydrogen) atoms. The Morgan fingerprint density at radius 1 is 1.24 bits per heavy atom. The quantitative estimate of drug-likeness (QED) is 0.812. The van der Waals surface area contributed by atoms with Crippen LogP contribution in [0.25, 0.3) is 0 Å². The lowest BCUT2D eigenvalue weighted by atomic mass is 10.1. The molecule has 88 valence electrons. The Balaban J connectivity index is 2.15. The van der Waals surface area contributed by atoms with E-state index in [-0.39, 0.29) is 5.78 Å². The van der Waals surface area contributed by atoms with Crippen LogP contribution in [0.2, 0.25) is 5.02 Å². The molecular formula is C14H14ClNO. The Labute approximate surface area is 106 Å². The first kappa shape index (κ1) is 11.9. The van der Waals surface area contributed by atoms with Crippen molar-refractivity contribution >= 4 is 17.4 Å². The van der Waals surface area contributed by atoms with E-state index < -0.39 is 0 Å². The zero-order chi connectivity index (χ0) is 12.3. The van der Waals surface area contributed by atoms with E-state index in [0.717, 1.165) is 17.1 Å². The minimum Gasteiger partial charge on any atom is -0.344 e. The van der Waals surface area contributed by atoms with Crippen molar-refractivity contribution in [3.05, 3.63) is 58.9 Å². The van der Waals surface area contributed by atoms with Crippen molar-refractivity contribution in [3.8, 4) is 0 Å². The first-order chi connectivity index (χ1) is 8.15. The van der Waals surface area contributed by atoms with Crippen LogP contribution in [0.4, 0.5) is 0 Å². The standard InChI is InChI=1S/C14H14ClNO/c1-11(17)10-16-8-2-3-14(16)9-12-4-6-13(15)7-5-12/h2-8H,9-10H2,1H3. The summed E-state index contributed by atoms with van der Waals surface area (Å²) in [6.07, 6.45) is 2.75. The molecule has 0 radical (unpaired) electrons. The maximum absolute atomic E-state index is 11.1. The van der Waals surface area contributed by atoms with Crippen molar-refractivity contribution in [2.75, 3.05) is 0 Å². The highest BCUT2D eigenvalue weighted by atomic mass is 35.5. The number of hydrogen-bond acceptors (Lipinski definition) is 1. The Bertz CT molecular complexity index is 513. The van der Waals surface area contributed by atoms with Crippen LogP contribution in [0.15, 0.2) is 42.6 Å². The van der Waals surface area contributed by atoms with Gasteiger partial charge < -0.3 is 4.57 Å². The molecule has 1 aromatic heterocycles. The summed E-state index contributed by atoms with van der Waals surface area (Å²) in [5.74, 6) is 0.165. The van der Waals surface area contributed by atoms with Gasteiger partial charge >= 0.3 is 0 Å². The largest absolute Gasteiger partial charge is 0.344 e. The van der Waals surface area contributed by atoms with Crippen molar-refractivity contribution < 1.29 is 4.79 Å². The lowest BCUT2D eigenvalue weighted by Gasteiger charge is -2.07. The van der Waals surface area contributed by atoms with E-state index in [1.165, 1.54) is 5.56 Å². The predicted molar refractivity (Wildman–Crippen MR) is 69.4 cm³/mol. The van der Waals surface area contributed by atoms with Crippen molar-refractivity contribution in [2.24, 2.45) is 0 Å².